The first kappa shape index (κ1) is 16.9. The van der Waals surface area contributed by atoms with Gasteiger partial charge in [0.05, 0.1) is 0 Å². The molecule has 3 rings (SSSR count). The van der Waals surface area contributed by atoms with Gasteiger partial charge in [-0.1, -0.05) is 42.0 Å². The van der Waals surface area contributed by atoms with E-state index in [9.17, 15) is 4.79 Å². The van der Waals surface area contributed by atoms with Crippen molar-refractivity contribution in [3.05, 3.63) is 82.9 Å². The van der Waals surface area contributed by atoms with Crippen LogP contribution in [0.2, 0.25) is 0 Å². The predicted octanol–water partition coefficient (Wildman–Crippen LogP) is 4.68. The molecule has 25 heavy (non-hydrogen) atoms. The van der Waals surface area contributed by atoms with Crippen LogP contribution in [0.3, 0.4) is 0 Å². The Bertz CT molecular complexity index is 838. The summed E-state index contributed by atoms with van der Waals surface area (Å²) in [4.78, 5) is 15.8. The number of hydrogen-bond donors (Lipinski definition) is 1. The number of ether oxygens (including phenoxy) is 1. The molecule has 0 aliphatic carbocycles. The zero-order chi connectivity index (χ0) is 17.5. The van der Waals surface area contributed by atoms with Crippen LogP contribution in [0.25, 0.3) is 6.08 Å². The van der Waals surface area contributed by atoms with E-state index in [1.165, 1.54) is 23.0 Å². The van der Waals surface area contributed by atoms with E-state index in [0.717, 1.165) is 16.9 Å². The highest BCUT2D eigenvalue weighted by Gasteiger charge is 2.00. The SMILES string of the molecule is Cc1ccc(COc2ccc(/C=C/C(=O)Nc3nccs3)cc2)cc1. The summed E-state index contributed by atoms with van der Waals surface area (Å²) in [6, 6.07) is 15.9. The van der Waals surface area contributed by atoms with Gasteiger partial charge in [-0.05, 0) is 36.3 Å². The Hall–Kier alpha value is -2.92. The molecule has 0 fully saturated rings. The predicted molar refractivity (Wildman–Crippen MR) is 102 cm³/mol. The fourth-order valence-electron chi connectivity index (χ4n) is 2.13. The summed E-state index contributed by atoms with van der Waals surface area (Å²) < 4.78 is 5.77. The number of carbonyl (C=O) groups is 1. The third-order valence-electron chi connectivity index (χ3n) is 3.50. The molecule has 1 amide bonds. The molecular formula is C20H18N2O2S. The second-order valence-electron chi connectivity index (χ2n) is 5.50. The van der Waals surface area contributed by atoms with Gasteiger partial charge in [0, 0.05) is 17.7 Å². The summed E-state index contributed by atoms with van der Waals surface area (Å²) in [5.74, 6) is 0.597. The van der Waals surface area contributed by atoms with Crippen molar-refractivity contribution < 1.29 is 9.53 Å². The van der Waals surface area contributed by atoms with Gasteiger partial charge in [0.1, 0.15) is 12.4 Å². The normalized spacial score (nSPS) is 10.8. The van der Waals surface area contributed by atoms with Gasteiger partial charge < -0.3 is 4.74 Å². The van der Waals surface area contributed by atoms with Gasteiger partial charge in [0.15, 0.2) is 5.13 Å². The van der Waals surface area contributed by atoms with Crippen LogP contribution in [-0.2, 0) is 11.4 Å². The summed E-state index contributed by atoms with van der Waals surface area (Å²) in [5, 5.41) is 5.11. The molecule has 126 valence electrons. The molecule has 0 atom stereocenters. The molecule has 0 radical (unpaired) electrons. The van der Waals surface area contributed by atoms with Crippen LogP contribution in [0.1, 0.15) is 16.7 Å². The highest BCUT2D eigenvalue weighted by molar-refractivity contribution is 7.13. The average molecular weight is 350 g/mol. The van der Waals surface area contributed by atoms with Gasteiger partial charge >= 0.3 is 0 Å². The number of benzene rings is 2. The summed E-state index contributed by atoms with van der Waals surface area (Å²) in [6.07, 6.45) is 4.90. The van der Waals surface area contributed by atoms with E-state index in [1.54, 1.807) is 12.3 Å². The summed E-state index contributed by atoms with van der Waals surface area (Å²) in [7, 11) is 0. The molecule has 0 spiro atoms. The minimum Gasteiger partial charge on any atom is -0.489 e. The maximum absolute atomic E-state index is 11.8. The van der Waals surface area contributed by atoms with Gasteiger partial charge in [-0.3, -0.25) is 10.1 Å². The summed E-state index contributed by atoms with van der Waals surface area (Å²) in [6.45, 7) is 2.60. The molecule has 1 N–H and O–H groups in total. The van der Waals surface area contributed by atoms with Crippen molar-refractivity contribution in [3.63, 3.8) is 0 Å². The fourth-order valence-corrected chi connectivity index (χ4v) is 2.66. The third kappa shape index (κ3) is 5.29. The quantitative estimate of drug-likeness (QED) is 0.657. The number of aryl methyl sites for hydroxylation is 1. The Labute approximate surface area is 150 Å². The largest absolute Gasteiger partial charge is 0.489 e. The standard InChI is InChI=1S/C20H18N2O2S/c1-15-2-4-17(5-3-15)14-24-18-9-6-16(7-10-18)8-11-19(23)22-20-21-12-13-25-20/h2-13H,14H2,1H3,(H,21,22,23)/b11-8+. The molecule has 5 heteroatoms. The minimum absolute atomic E-state index is 0.199. The second kappa shape index (κ2) is 8.26. The number of amides is 1. The zero-order valence-corrected chi connectivity index (χ0v) is 14.6. The zero-order valence-electron chi connectivity index (χ0n) is 13.8. The summed E-state index contributed by atoms with van der Waals surface area (Å²) in [5.41, 5.74) is 3.30. The Morgan fingerprint density at radius 2 is 1.92 bits per heavy atom. The topological polar surface area (TPSA) is 51.2 Å². The monoisotopic (exact) mass is 350 g/mol. The van der Waals surface area contributed by atoms with Crippen LogP contribution in [-0.4, -0.2) is 10.9 Å². The van der Waals surface area contributed by atoms with E-state index in [2.05, 4.69) is 41.5 Å². The van der Waals surface area contributed by atoms with Gasteiger partial charge in [-0.2, -0.15) is 0 Å². The van der Waals surface area contributed by atoms with E-state index < -0.39 is 0 Å². The number of nitrogens with zero attached hydrogens (tertiary/aromatic N) is 1. The molecule has 1 heterocycles. The molecule has 0 aliphatic heterocycles. The number of aromatic nitrogens is 1. The Balaban J connectivity index is 1.52. The maximum Gasteiger partial charge on any atom is 0.250 e. The lowest BCUT2D eigenvalue weighted by Crippen LogP contribution is -2.06. The molecule has 0 bridgehead atoms. The van der Waals surface area contributed by atoms with Crippen molar-refractivity contribution in [2.24, 2.45) is 0 Å². The van der Waals surface area contributed by atoms with Crippen molar-refractivity contribution in [3.8, 4) is 5.75 Å². The van der Waals surface area contributed by atoms with Crippen LogP contribution >= 0.6 is 11.3 Å². The van der Waals surface area contributed by atoms with Crippen LogP contribution < -0.4 is 10.1 Å². The van der Waals surface area contributed by atoms with E-state index in [0.29, 0.717) is 11.7 Å². The Kier molecular flexibility index (Phi) is 5.59. The second-order valence-corrected chi connectivity index (χ2v) is 6.40. The summed E-state index contributed by atoms with van der Waals surface area (Å²) >= 11 is 1.39. The van der Waals surface area contributed by atoms with Gasteiger partial charge in [0.2, 0.25) is 5.91 Å². The number of nitrogens with one attached hydrogen (secondary N) is 1. The lowest BCUT2D eigenvalue weighted by molar-refractivity contribution is -0.111. The average Bonchev–Trinajstić information content (AvgIpc) is 3.13. The maximum atomic E-state index is 11.8. The highest BCUT2D eigenvalue weighted by Crippen LogP contribution is 2.16. The molecule has 4 nitrogen and oxygen atoms in total. The van der Waals surface area contributed by atoms with Crippen molar-refractivity contribution in [1.29, 1.82) is 0 Å². The van der Waals surface area contributed by atoms with Gasteiger partial charge in [0.25, 0.3) is 0 Å². The van der Waals surface area contributed by atoms with Gasteiger partial charge in [-0.15, -0.1) is 11.3 Å². The number of hydrogen-bond acceptors (Lipinski definition) is 4. The van der Waals surface area contributed by atoms with Crippen molar-refractivity contribution in [2.45, 2.75) is 13.5 Å². The number of anilines is 1. The molecule has 1 aromatic heterocycles. The first-order chi connectivity index (χ1) is 12.2. The minimum atomic E-state index is -0.199. The lowest BCUT2D eigenvalue weighted by Gasteiger charge is -2.07. The molecule has 0 saturated heterocycles. The van der Waals surface area contributed by atoms with E-state index in [-0.39, 0.29) is 5.91 Å². The Morgan fingerprint density at radius 3 is 2.60 bits per heavy atom. The first-order valence-corrected chi connectivity index (χ1v) is 8.74. The highest BCUT2D eigenvalue weighted by atomic mass is 32.1. The molecule has 0 unspecified atom stereocenters. The van der Waals surface area contributed by atoms with E-state index in [4.69, 9.17) is 4.74 Å². The van der Waals surface area contributed by atoms with Crippen molar-refractivity contribution in [2.75, 3.05) is 5.32 Å². The van der Waals surface area contributed by atoms with Crippen molar-refractivity contribution in [1.82, 2.24) is 4.98 Å². The van der Waals surface area contributed by atoms with E-state index >= 15 is 0 Å². The fraction of sp³-hybridized carbons (Fsp3) is 0.100. The van der Waals surface area contributed by atoms with Gasteiger partial charge in [-0.25, -0.2) is 4.98 Å². The smallest absolute Gasteiger partial charge is 0.250 e. The first-order valence-electron chi connectivity index (χ1n) is 7.86. The molecule has 3 aromatic rings. The number of thiazole rings is 1. The lowest BCUT2D eigenvalue weighted by atomic mass is 10.1. The molecule has 2 aromatic carbocycles. The van der Waals surface area contributed by atoms with Crippen LogP contribution in [0.5, 0.6) is 5.75 Å². The number of carbonyl (C=O) groups excluding carboxylic acids is 1. The third-order valence-corrected chi connectivity index (χ3v) is 4.18. The van der Waals surface area contributed by atoms with Crippen LogP contribution in [0.4, 0.5) is 5.13 Å². The van der Waals surface area contributed by atoms with Crippen LogP contribution in [0, 0.1) is 6.92 Å². The molecular weight excluding hydrogens is 332 g/mol. The Morgan fingerprint density at radius 1 is 1.16 bits per heavy atom. The van der Waals surface area contributed by atoms with E-state index in [1.807, 2.05) is 29.6 Å². The number of rotatable bonds is 6. The van der Waals surface area contributed by atoms with Crippen LogP contribution in [0.15, 0.2) is 66.2 Å². The molecule has 0 saturated carbocycles. The van der Waals surface area contributed by atoms with Crippen molar-refractivity contribution >= 4 is 28.5 Å². The molecule has 0 aliphatic rings.